The van der Waals surface area contributed by atoms with Crippen LogP contribution in [0.3, 0.4) is 0 Å². The van der Waals surface area contributed by atoms with Gasteiger partial charge < -0.3 is 0 Å². The lowest BCUT2D eigenvalue weighted by molar-refractivity contribution is 1.32. The van der Waals surface area contributed by atoms with Crippen LogP contribution in [0.2, 0.25) is 0 Å². The molecule has 4 heteroatoms. The Kier molecular flexibility index (Phi) is 6.10. The smallest absolute Gasteiger partial charge is 0.0971 e. The topological polar surface area (TPSA) is 51.6 Å². The number of para-hydroxylation sites is 1. The molecular formula is C42H26N4. The van der Waals surface area contributed by atoms with Gasteiger partial charge in [0.05, 0.1) is 33.6 Å². The van der Waals surface area contributed by atoms with E-state index in [4.69, 9.17) is 19.9 Å². The van der Waals surface area contributed by atoms with Crippen LogP contribution in [0, 0.1) is 0 Å². The van der Waals surface area contributed by atoms with Crippen LogP contribution in [0.15, 0.2) is 158 Å². The van der Waals surface area contributed by atoms with Crippen molar-refractivity contribution in [2.45, 2.75) is 0 Å². The molecule has 0 aliphatic heterocycles. The Morgan fingerprint density at radius 3 is 1.87 bits per heavy atom. The minimum Gasteiger partial charge on any atom is -0.254 e. The number of nitrogens with zero attached hydrogens (tertiary/aromatic N) is 4. The first-order chi connectivity index (χ1) is 22.8. The van der Waals surface area contributed by atoms with Crippen LogP contribution in [0.1, 0.15) is 0 Å². The summed E-state index contributed by atoms with van der Waals surface area (Å²) in [7, 11) is 0. The normalized spacial score (nSPS) is 11.5. The zero-order valence-corrected chi connectivity index (χ0v) is 24.8. The number of hydrogen-bond donors (Lipinski definition) is 0. The highest BCUT2D eigenvalue weighted by molar-refractivity contribution is 6.24. The molecule has 0 saturated carbocycles. The molecule has 0 radical (unpaired) electrons. The van der Waals surface area contributed by atoms with Crippen molar-refractivity contribution in [2.75, 3.05) is 0 Å². The molecule has 4 nitrogen and oxygen atoms in total. The monoisotopic (exact) mass is 586 g/mol. The number of hydrogen-bond acceptors (Lipinski definition) is 4. The first kappa shape index (κ1) is 26.2. The molecule has 0 fully saturated rings. The van der Waals surface area contributed by atoms with Crippen molar-refractivity contribution < 1.29 is 0 Å². The predicted molar refractivity (Wildman–Crippen MR) is 189 cm³/mol. The SMILES string of the molecule is c1ccc(-c2cc(-c3cccc(-c4nc5ccccc5c5c4cnc4c5ccc5cccnc54)c3)cc(-c3ccccc3)n2)cc1. The molecule has 0 amide bonds. The molecule has 0 N–H and O–H groups in total. The number of aromatic nitrogens is 4. The van der Waals surface area contributed by atoms with E-state index < -0.39 is 0 Å². The van der Waals surface area contributed by atoms with Crippen LogP contribution in [-0.2, 0) is 0 Å². The summed E-state index contributed by atoms with van der Waals surface area (Å²) in [5, 5.41) is 5.42. The lowest BCUT2D eigenvalue weighted by atomic mass is 9.95. The molecule has 0 atom stereocenters. The van der Waals surface area contributed by atoms with Gasteiger partial charge in [-0.15, -0.1) is 0 Å². The molecule has 9 aromatic rings. The van der Waals surface area contributed by atoms with E-state index in [9.17, 15) is 0 Å². The van der Waals surface area contributed by atoms with E-state index in [0.29, 0.717) is 0 Å². The number of fused-ring (bicyclic) bond motifs is 7. The highest BCUT2D eigenvalue weighted by atomic mass is 14.8. The number of pyridine rings is 4. The molecule has 0 bridgehead atoms. The van der Waals surface area contributed by atoms with Gasteiger partial charge in [0, 0.05) is 56.0 Å². The second-order valence-corrected chi connectivity index (χ2v) is 11.5. The summed E-state index contributed by atoms with van der Waals surface area (Å²) < 4.78 is 0. The van der Waals surface area contributed by atoms with Crippen molar-refractivity contribution in [2.24, 2.45) is 0 Å². The minimum absolute atomic E-state index is 0.903. The Hall–Kier alpha value is -6.26. The van der Waals surface area contributed by atoms with Gasteiger partial charge in [-0.1, -0.05) is 115 Å². The van der Waals surface area contributed by atoms with Gasteiger partial charge in [-0.3, -0.25) is 9.97 Å². The molecular weight excluding hydrogens is 560 g/mol. The van der Waals surface area contributed by atoms with Crippen LogP contribution in [0.4, 0.5) is 0 Å². The third-order valence-electron chi connectivity index (χ3n) is 8.70. The Bertz CT molecular complexity index is 2520. The Balaban J connectivity index is 1.27. The molecule has 4 heterocycles. The van der Waals surface area contributed by atoms with E-state index in [1.165, 1.54) is 0 Å². The average molecular weight is 587 g/mol. The van der Waals surface area contributed by atoms with E-state index in [-0.39, 0.29) is 0 Å². The number of benzene rings is 5. The molecule has 46 heavy (non-hydrogen) atoms. The summed E-state index contributed by atoms with van der Waals surface area (Å²) in [6.45, 7) is 0. The van der Waals surface area contributed by atoms with Crippen LogP contribution in [0.25, 0.3) is 88.4 Å². The first-order valence-electron chi connectivity index (χ1n) is 15.4. The maximum atomic E-state index is 5.24. The van der Waals surface area contributed by atoms with Gasteiger partial charge in [0.25, 0.3) is 0 Å². The molecule has 0 saturated heterocycles. The minimum atomic E-state index is 0.903. The Morgan fingerprint density at radius 2 is 1.09 bits per heavy atom. The van der Waals surface area contributed by atoms with Crippen molar-refractivity contribution in [1.29, 1.82) is 0 Å². The maximum absolute atomic E-state index is 5.24. The van der Waals surface area contributed by atoms with E-state index in [0.717, 1.165) is 88.4 Å². The summed E-state index contributed by atoms with van der Waals surface area (Å²) in [4.78, 5) is 20.0. The Morgan fingerprint density at radius 1 is 0.391 bits per heavy atom. The summed E-state index contributed by atoms with van der Waals surface area (Å²) >= 11 is 0. The van der Waals surface area contributed by atoms with Gasteiger partial charge in [0.15, 0.2) is 0 Å². The molecule has 0 aliphatic carbocycles. The van der Waals surface area contributed by atoms with Gasteiger partial charge in [0.1, 0.15) is 0 Å². The second-order valence-electron chi connectivity index (χ2n) is 11.5. The standard InChI is InChI=1S/C42H26N4/c1-3-11-27(12-4-1)37-24-32(25-38(45-37)28-13-5-2-6-14-28)30-15-9-16-31(23-30)40-35-26-44-42-34(21-20-29-17-10-22-43-41(29)42)39(35)33-18-7-8-19-36(33)46-40/h1-26H. The largest absolute Gasteiger partial charge is 0.254 e. The van der Waals surface area contributed by atoms with Gasteiger partial charge in [-0.25, -0.2) is 9.97 Å². The third-order valence-corrected chi connectivity index (χ3v) is 8.70. The van der Waals surface area contributed by atoms with E-state index in [1.807, 2.05) is 30.6 Å². The third kappa shape index (κ3) is 4.39. The fraction of sp³-hybridized carbons (Fsp3) is 0. The van der Waals surface area contributed by atoms with Gasteiger partial charge in [0.2, 0.25) is 0 Å². The van der Waals surface area contributed by atoms with Crippen molar-refractivity contribution in [3.63, 3.8) is 0 Å². The molecule has 5 aromatic carbocycles. The van der Waals surface area contributed by atoms with Crippen LogP contribution >= 0.6 is 0 Å². The highest BCUT2D eigenvalue weighted by Crippen LogP contribution is 2.39. The predicted octanol–water partition coefficient (Wildman–Crippen LogP) is 10.5. The zero-order valence-electron chi connectivity index (χ0n) is 24.8. The lowest BCUT2D eigenvalue weighted by Gasteiger charge is -2.14. The summed E-state index contributed by atoms with van der Waals surface area (Å²) in [6, 6.07) is 50.5. The van der Waals surface area contributed by atoms with E-state index in [1.54, 1.807) is 0 Å². The maximum Gasteiger partial charge on any atom is 0.0971 e. The molecule has 0 spiro atoms. The molecule has 214 valence electrons. The van der Waals surface area contributed by atoms with Crippen molar-refractivity contribution in [3.8, 4) is 44.9 Å². The van der Waals surface area contributed by atoms with Crippen molar-refractivity contribution in [3.05, 3.63) is 158 Å². The highest BCUT2D eigenvalue weighted by Gasteiger charge is 2.16. The quantitative estimate of drug-likeness (QED) is 0.193. The zero-order chi connectivity index (χ0) is 30.5. The second kappa shape index (κ2) is 10.7. The van der Waals surface area contributed by atoms with Gasteiger partial charge in [-0.2, -0.15) is 0 Å². The average Bonchev–Trinajstić information content (AvgIpc) is 3.14. The fourth-order valence-corrected chi connectivity index (χ4v) is 6.51. The van der Waals surface area contributed by atoms with Crippen molar-refractivity contribution in [1.82, 2.24) is 19.9 Å². The molecule has 9 rings (SSSR count). The lowest BCUT2D eigenvalue weighted by Crippen LogP contribution is -1.94. The van der Waals surface area contributed by atoms with E-state index in [2.05, 4.69) is 127 Å². The van der Waals surface area contributed by atoms with Crippen LogP contribution in [-0.4, -0.2) is 19.9 Å². The summed E-state index contributed by atoms with van der Waals surface area (Å²) in [6.07, 6.45) is 3.81. The fourth-order valence-electron chi connectivity index (χ4n) is 6.51. The number of rotatable bonds is 4. The van der Waals surface area contributed by atoms with Gasteiger partial charge >= 0.3 is 0 Å². The first-order valence-corrected chi connectivity index (χ1v) is 15.4. The van der Waals surface area contributed by atoms with Crippen LogP contribution < -0.4 is 0 Å². The molecule has 0 aliphatic rings. The van der Waals surface area contributed by atoms with Crippen LogP contribution in [0.5, 0.6) is 0 Å². The van der Waals surface area contributed by atoms with Crippen molar-refractivity contribution >= 4 is 43.5 Å². The molecule has 4 aromatic heterocycles. The Labute approximate surface area is 265 Å². The molecule has 0 unspecified atom stereocenters. The van der Waals surface area contributed by atoms with Gasteiger partial charge in [-0.05, 0) is 41.5 Å². The van der Waals surface area contributed by atoms with E-state index >= 15 is 0 Å². The summed E-state index contributed by atoms with van der Waals surface area (Å²) in [5.41, 5.74) is 10.9. The summed E-state index contributed by atoms with van der Waals surface area (Å²) in [5.74, 6) is 0.